The van der Waals surface area contributed by atoms with Crippen LogP contribution in [0, 0.1) is 0 Å². The molecule has 10 aromatic carbocycles. The molecule has 69 heavy (non-hydrogen) atoms. The Hall–Kier alpha value is -9.05. The number of hydrogen-bond acceptors (Lipinski definition) is 2. The number of pyridine rings is 1. The van der Waals surface area contributed by atoms with Gasteiger partial charge in [-0.1, -0.05) is 182 Å². The van der Waals surface area contributed by atoms with E-state index < -0.39 is 5.41 Å². The van der Waals surface area contributed by atoms with E-state index in [0.29, 0.717) is 0 Å². The number of rotatable bonds is 7. The maximum atomic E-state index is 4.34. The molecule has 2 heterocycles. The van der Waals surface area contributed by atoms with E-state index in [2.05, 4.69) is 257 Å². The lowest BCUT2D eigenvalue weighted by Gasteiger charge is -2.32. The monoisotopic (exact) mass is 877 g/mol. The molecule has 0 saturated carbocycles. The molecule has 0 atom stereocenters. The van der Waals surface area contributed by atoms with Gasteiger partial charge in [-0.2, -0.15) is 0 Å². The van der Waals surface area contributed by atoms with Gasteiger partial charge in [0.05, 0.1) is 22.1 Å². The SMILES string of the molecule is c1ccc(-c2ccc(N(c3ccc(-c4ccc5c(c4)c4ccccc4n5-c4ccc(-c5cccnc5)cc4)cc3)c3cccc4c3-c3ccccc3C43c4ccccc4-c4ccccc43)cc2)cc1. The smallest absolute Gasteiger partial charge is 0.0726 e. The van der Waals surface area contributed by atoms with Gasteiger partial charge in [0.15, 0.2) is 0 Å². The fourth-order valence-electron chi connectivity index (χ4n) is 11.7. The summed E-state index contributed by atoms with van der Waals surface area (Å²) in [5, 5.41) is 2.46. The van der Waals surface area contributed by atoms with Gasteiger partial charge >= 0.3 is 0 Å². The van der Waals surface area contributed by atoms with Gasteiger partial charge in [-0.15, -0.1) is 0 Å². The van der Waals surface area contributed by atoms with Gasteiger partial charge in [0, 0.05) is 45.8 Å². The van der Waals surface area contributed by atoms with Gasteiger partial charge in [0.25, 0.3) is 0 Å². The molecule has 3 nitrogen and oxygen atoms in total. The average Bonchev–Trinajstić information content (AvgIpc) is 4.04. The average molecular weight is 878 g/mol. The van der Waals surface area contributed by atoms with Crippen LogP contribution in [0.3, 0.4) is 0 Å². The predicted molar refractivity (Wildman–Crippen MR) is 286 cm³/mol. The van der Waals surface area contributed by atoms with Crippen LogP contribution < -0.4 is 4.90 Å². The van der Waals surface area contributed by atoms with Gasteiger partial charge in [-0.25, -0.2) is 0 Å². The summed E-state index contributed by atoms with van der Waals surface area (Å²) in [5.74, 6) is 0. The Morgan fingerprint density at radius 1 is 0.348 bits per heavy atom. The maximum Gasteiger partial charge on any atom is 0.0726 e. The van der Waals surface area contributed by atoms with Crippen LogP contribution in [0.15, 0.2) is 261 Å². The van der Waals surface area contributed by atoms with Crippen molar-refractivity contribution in [1.82, 2.24) is 9.55 Å². The van der Waals surface area contributed by atoms with Crippen LogP contribution >= 0.6 is 0 Å². The normalized spacial score (nSPS) is 12.8. The molecular weight excluding hydrogens is 835 g/mol. The van der Waals surface area contributed by atoms with Crippen molar-refractivity contribution < 1.29 is 0 Å². The van der Waals surface area contributed by atoms with E-state index in [0.717, 1.165) is 33.9 Å². The molecular formula is C66H43N3. The third-order valence-corrected chi connectivity index (χ3v) is 14.7. The Bertz CT molecular complexity index is 3880. The van der Waals surface area contributed by atoms with Gasteiger partial charge in [-0.05, 0) is 139 Å². The van der Waals surface area contributed by atoms with E-state index in [4.69, 9.17) is 0 Å². The largest absolute Gasteiger partial charge is 0.310 e. The van der Waals surface area contributed by atoms with Crippen LogP contribution in [-0.2, 0) is 5.41 Å². The molecule has 0 aliphatic heterocycles. The predicted octanol–water partition coefficient (Wildman–Crippen LogP) is 17.0. The topological polar surface area (TPSA) is 21.1 Å². The highest BCUT2D eigenvalue weighted by atomic mass is 15.1. The quantitative estimate of drug-likeness (QED) is 0.159. The summed E-state index contributed by atoms with van der Waals surface area (Å²) in [6.07, 6.45) is 3.73. The Balaban J connectivity index is 0.908. The zero-order valence-electron chi connectivity index (χ0n) is 37.7. The fraction of sp³-hybridized carbons (Fsp3) is 0.0152. The van der Waals surface area contributed by atoms with E-state index in [1.165, 1.54) is 88.6 Å². The minimum Gasteiger partial charge on any atom is -0.310 e. The molecule has 2 aliphatic carbocycles. The Morgan fingerprint density at radius 3 is 1.54 bits per heavy atom. The van der Waals surface area contributed by atoms with Gasteiger partial charge < -0.3 is 9.47 Å². The fourth-order valence-corrected chi connectivity index (χ4v) is 11.7. The summed E-state index contributed by atoms with van der Waals surface area (Å²) < 4.78 is 2.38. The number of para-hydroxylation sites is 1. The molecule has 3 heteroatoms. The lowest BCUT2D eigenvalue weighted by Crippen LogP contribution is -2.26. The molecule has 0 unspecified atom stereocenters. The van der Waals surface area contributed by atoms with Crippen LogP contribution in [0.5, 0.6) is 0 Å². The second-order valence-electron chi connectivity index (χ2n) is 18.3. The highest BCUT2D eigenvalue weighted by Crippen LogP contribution is 2.64. The second kappa shape index (κ2) is 15.5. The molecule has 12 aromatic rings. The third-order valence-electron chi connectivity index (χ3n) is 14.7. The van der Waals surface area contributed by atoms with Gasteiger partial charge in [-0.3, -0.25) is 4.98 Å². The van der Waals surface area contributed by atoms with Crippen molar-refractivity contribution >= 4 is 38.9 Å². The first kappa shape index (κ1) is 39.1. The molecule has 2 aliphatic rings. The molecule has 0 bridgehead atoms. The Kier molecular flexibility index (Phi) is 8.80. The summed E-state index contributed by atoms with van der Waals surface area (Å²) in [4.78, 5) is 6.81. The van der Waals surface area contributed by atoms with Crippen molar-refractivity contribution in [3.8, 4) is 61.3 Å². The Morgan fingerprint density at radius 2 is 0.855 bits per heavy atom. The number of anilines is 3. The Labute approximate surface area is 401 Å². The van der Waals surface area contributed by atoms with E-state index in [1.807, 2.05) is 18.5 Å². The van der Waals surface area contributed by atoms with Crippen molar-refractivity contribution in [3.63, 3.8) is 0 Å². The van der Waals surface area contributed by atoms with Crippen molar-refractivity contribution in [2.24, 2.45) is 0 Å². The van der Waals surface area contributed by atoms with Crippen LogP contribution in [0.2, 0.25) is 0 Å². The van der Waals surface area contributed by atoms with E-state index in [9.17, 15) is 0 Å². The number of hydrogen-bond donors (Lipinski definition) is 0. The number of aromatic nitrogens is 2. The molecule has 0 amide bonds. The highest BCUT2D eigenvalue weighted by Gasteiger charge is 2.52. The highest BCUT2D eigenvalue weighted by molar-refractivity contribution is 6.10. The number of benzene rings is 10. The first-order chi connectivity index (χ1) is 34.2. The molecule has 0 radical (unpaired) electrons. The second-order valence-corrected chi connectivity index (χ2v) is 18.3. The standard InChI is InChI=1S/C66H43N3/c1-2-14-44(15-3-1)45-27-34-50(35-28-45)68(64-26-12-24-61-65(64)56-20-6-10-23-60(56)66(61)58-21-8-4-17-53(58)54-18-5-9-22-59(54)66)51-36-29-46(30-37-51)48-33-40-63-57(42-48)55-19-7-11-25-62(55)69(63)52-38-31-47(32-39-52)49-16-13-41-67-43-49/h1-43H. The van der Waals surface area contributed by atoms with Crippen LogP contribution in [-0.4, -0.2) is 9.55 Å². The first-order valence-electron chi connectivity index (χ1n) is 23.8. The molecule has 14 rings (SSSR count). The van der Waals surface area contributed by atoms with E-state index in [-0.39, 0.29) is 0 Å². The van der Waals surface area contributed by atoms with Crippen LogP contribution in [0.4, 0.5) is 17.1 Å². The summed E-state index contributed by atoms with van der Waals surface area (Å²) >= 11 is 0. The summed E-state index contributed by atoms with van der Waals surface area (Å²) in [5.41, 5.74) is 23.9. The third kappa shape index (κ3) is 5.90. The lowest BCUT2D eigenvalue weighted by molar-refractivity contribution is 0.794. The van der Waals surface area contributed by atoms with E-state index in [1.54, 1.807) is 0 Å². The van der Waals surface area contributed by atoms with Crippen molar-refractivity contribution in [2.75, 3.05) is 4.90 Å². The van der Waals surface area contributed by atoms with Gasteiger partial charge in [0.2, 0.25) is 0 Å². The van der Waals surface area contributed by atoms with Crippen molar-refractivity contribution in [1.29, 1.82) is 0 Å². The summed E-state index contributed by atoms with van der Waals surface area (Å²) in [7, 11) is 0. The van der Waals surface area contributed by atoms with Crippen molar-refractivity contribution in [3.05, 3.63) is 283 Å². The van der Waals surface area contributed by atoms with Crippen LogP contribution in [0.1, 0.15) is 22.3 Å². The number of fused-ring (bicyclic) bond motifs is 13. The maximum absolute atomic E-state index is 4.34. The first-order valence-corrected chi connectivity index (χ1v) is 23.8. The molecule has 0 fully saturated rings. The molecule has 2 aromatic heterocycles. The minimum absolute atomic E-state index is 0.438. The van der Waals surface area contributed by atoms with Crippen molar-refractivity contribution in [2.45, 2.75) is 5.41 Å². The minimum atomic E-state index is -0.438. The molecule has 1 spiro atoms. The van der Waals surface area contributed by atoms with Gasteiger partial charge in [0.1, 0.15) is 0 Å². The summed E-state index contributed by atoms with van der Waals surface area (Å²) in [6.45, 7) is 0. The lowest BCUT2D eigenvalue weighted by atomic mass is 9.70. The molecule has 0 N–H and O–H groups in total. The van der Waals surface area contributed by atoms with E-state index >= 15 is 0 Å². The molecule has 322 valence electrons. The molecule has 0 saturated heterocycles. The zero-order valence-corrected chi connectivity index (χ0v) is 37.7. The summed E-state index contributed by atoms with van der Waals surface area (Å²) in [6, 6.07) is 91.6. The zero-order chi connectivity index (χ0) is 45.5. The number of nitrogens with zero attached hydrogens (tertiary/aromatic N) is 3. The van der Waals surface area contributed by atoms with Crippen LogP contribution in [0.25, 0.3) is 83.1 Å².